The fourth-order valence-electron chi connectivity index (χ4n) is 4.23. The van der Waals surface area contributed by atoms with Crippen molar-refractivity contribution >= 4 is 27.5 Å². The molecule has 0 saturated carbocycles. The summed E-state index contributed by atoms with van der Waals surface area (Å²) in [5.41, 5.74) is 4.02. The lowest BCUT2D eigenvalue weighted by atomic mass is 9.88. The van der Waals surface area contributed by atoms with Crippen molar-refractivity contribution in [2.24, 2.45) is 0 Å². The monoisotopic (exact) mass is 482 g/mol. The Morgan fingerprint density at radius 3 is 2.58 bits per heavy atom. The molecule has 0 saturated heterocycles. The minimum absolute atomic E-state index is 0.0471. The zero-order valence-electron chi connectivity index (χ0n) is 18.5. The first-order chi connectivity index (χ1) is 15.8. The normalized spacial score (nSPS) is 15.8. The van der Waals surface area contributed by atoms with E-state index in [1.54, 1.807) is 48.5 Å². The highest BCUT2D eigenvalue weighted by molar-refractivity contribution is 7.89. The van der Waals surface area contributed by atoms with Gasteiger partial charge in [0.15, 0.2) is 0 Å². The molecule has 3 aromatic carbocycles. The van der Waals surface area contributed by atoms with Crippen molar-refractivity contribution < 1.29 is 13.2 Å². The van der Waals surface area contributed by atoms with E-state index in [-0.39, 0.29) is 29.9 Å². The summed E-state index contributed by atoms with van der Waals surface area (Å²) in [6.45, 7) is 1.67. The molecule has 0 aromatic heterocycles. The average Bonchev–Trinajstić information content (AvgIpc) is 2.79. The van der Waals surface area contributed by atoms with Crippen LogP contribution < -0.4 is 5.32 Å². The third-order valence-corrected chi connectivity index (χ3v) is 7.97. The summed E-state index contributed by atoms with van der Waals surface area (Å²) in [6.07, 6.45) is 2.81. The molecule has 0 aliphatic heterocycles. The van der Waals surface area contributed by atoms with E-state index in [0.717, 1.165) is 30.4 Å². The lowest BCUT2D eigenvalue weighted by Crippen LogP contribution is -2.42. The van der Waals surface area contributed by atoms with E-state index in [0.29, 0.717) is 10.6 Å². The zero-order valence-corrected chi connectivity index (χ0v) is 20.1. The molecule has 1 N–H and O–H groups in total. The van der Waals surface area contributed by atoms with Crippen LogP contribution in [0, 0.1) is 6.92 Å². The molecule has 1 aliphatic rings. The Kier molecular flexibility index (Phi) is 7.17. The minimum Gasteiger partial charge on any atom is -0.348 e. The van der Waals surface area contributed by atoms with Gasteiger partial charge in [-0.3, -0.25) is 4.79 Å². The smallest absolute Gasteiger partial charge is 0.243 e. The number of rotatable bonds is 7. The molecule has 0 bridgehead atoms. The van der Waals surface area contributed by atoms with Crippen LogP contribution >= 0.6 is 11.6 Å². The summed E-state index contributed by atoms with van der Waals surface area (Å²) < 4.78 is 28.2. The van der Waals surface area contributed by atoms with Crippen LogP contribution in [0.3, 0.4) is 0 Å². The van der Waals surface area contributed by atoms with Gasteiger partial charge in [-0.05, 0) is 67.1 Å². The summed E-state index contributed by atoms with van der Waals surface area (Å²) >= 11 is 6.11. The number of halogens is 1. The molecular formula is C26H27ClN2O3S. The first kappa shape index (κ1) is 23.5. The van der Waals surface area contributed by atoms with Gasteiger partial charge in [-0.15, -0.1) is 0 Å². The highest BCUT2D eigenvalue weighted by Crippen LogP contribution is 2.29. The topological polar surface area (TPSA) is 66.5 Å². The maximum absolute atomic E-state index is 13.5. The number of nitrogens with one attached hydrogen (secondary N) is 1. The molecule has 0 heterocycles. The van der Waals surface area contributed by atoms with Crippen molar-refractivity contribution in [3.05, 3.63) is 100 Å². The van der Waals surface area contributed by atoms with Crippen LogP contribution in [-0.2, 0) is 27.8 Å². The van der Waals surface area contributed by atoms with Gasteiger partial charge in [-0.1, -0.05) is 65.7 Å². The molecule has 0 fully saturated rings. The number of sulfonamides is 1. The van der Waals surface area contributed by atoms with E-state index in [2.05, 4.69) is 11.4 Å². The van der Waals surface area contributed by atoms with Crippen LogP contribution in [0.2, 0.25) is 5.02 Å². The maximum atomic E-state index is 13.5. The van der Waals surface area contributed by atoms with E-state index in [9.17, 15) is 13.2 Å². The Bertz CT molecular complexity index is 1240. The molecule has 3 aromatic rings. The molecule has 0 radical (unpaired) electrons. The molecule has 33 heavy (non-hydrogen) atoms. The number of hydrogen-bond acceptors (Lipinski definition) is 3. The summed E-state index contributed by atoms with van der Waals surface area (Å²) in [5.74, 6) is -0.325. The van der Waals surface area contributed by atoms with Gasteiger partial charge in [-0.2, -0.15) is 4.31 Å². The number of amides is 1. The van der Waals surface area contributed by atoms with Gasteiger partial charge in [0.1, 0.15) is 0 Å². The van der Waals surface area contributed by atoms with Crippen molar-refractivity contribution in [3.8, 4) is 0 Å². The predicted octanol–water partition coefficient (Wildman–Crippen LogP) is 5.03. The molecule has 172 valence electrons. The molecular weight excluding hydrogens is 456 g/mol. The van der Waals surface area contributed by atoms with Crippen molar-refractivity contribution in [2.45, 2.75) is 43.7 Å². The second-order valence-corrected chi connectivity index (χ2v) is 10.8. The van der Waals surface area contributed by atoms with Crippen molar-refractivity contribution in [1.82, 2.24) is 9.62 Å². The Balaban J connectivity index is 1.58. The molecule has 1 atom stereocenters. The number of carbonyl (C=O) groups excluding carboxylic acids is 1. The van der Waals surface area contributed by atoms with E-state index in [4.69, 9.17) is 11.6 Å². The SMILES string of the molecule is Cc1ccc(S(=O)(=O)N(CC(=O)N[C@@H]2CCCc3ccccc32)Cc2cccc(Cl)c2)cc1. The molecule has 1 amide bonds. The van der Waals surface area contributed by atoms with Crippen molar-refractivity contribution in [3.63, 3.8) is 0 Å². The zero-order chi connectivity index (χ0) is 23.4. The highest BCUT2D eigenvalue weighted by atomic mass is 35.5. The van der Waals surface area contributed by atoms with Crippen molar-refractivity contribution in [2.75, 3.05) is 6.54 Å². The van der Waals surface area contributed by atoms with Crippen LogP contribution in [-0.4, -0.2) is 25.2 Å². The quantitative estimate of drug-likeness (QED) is 0.513. The summed E-state index contributed by atoms with van der Waals surface area (Å²) in [4.78, 5) is 13.2. The minimum atomic E-state index is -3.90. The van der Waals surface area contributed by atoms with Gasteiger partial charge in [-0.25, -0.2) is 8.42 Å². The summed E-state index contributed by atoms with van der Waals surface area (Å²) in [7, 11) is -3.90. The van der Waals surface area contributed by atoms with Crippen molar-refractivity contribution in [1.29, 1.82) is 0 Å². The van der Waals surface area contributed by atoms with Crippen LogP contribution in [0.25, 0.3) is 0 Å². The standard InChI is InChI=1S/C26H27ClN2O3S/c1-19-12-14-23(15-13-19)33(31,32)29(17-20-6-4-9-22(27)16-20)18-26(30)28-25-11-5-8-21-7-2-3-10-24(21)25/h2-4,6-7,9-10,12-16,25H,5,8,11,17-18H2,1H3,(H,28,30)/t25-/m1/s1. The Morgan fingerprint density at radius 2 is 1.82 bits per heavy atom. The van der Waals surface area contributed by atoms with E-state index in [1.165, 1.54) is 9.87 Å². The molecule has 0 spiro atoms. The first-order valence-corrected chi connectivity index (χ1v) is 12.8. The highest BCUT2D eigenvalue weighted by Gasteiger charge is 2.29. The fraction of sp³-hybridized carbons (Fsp3) is 0.269. The van der Waals surface area contributed by atoms with Crippen LogP contribution in [0.5, 0.6) is 0 Å². The van der Waals surface area contributed by atoms with Gasteiger partial charge >= 0.3 is 0 Å². The fourth-order valence-corrected chi connectivity index (χ4v) is 5.83. The maximum Gasteiger partial charge on any atom is 0.243 e. The lowest BCUT2D eigenvalue weighted by molar-refractivity contribution is -0.122. The average molecular weight is 483 g/mol. The number of hydrogen-bond donors (Lipinski definition) is 1. The van der Waals surface area contributed by atoms with Gasteiger partial charge in [0.25, 0.3) is 0 Å². The van der Waals surface area contributed by atoms with Gasteiger partial charge in [0, 0.05) is 11.6 Å². The predicted molar refractivity (Wildman–Crippen MR) is 130 cm³/mol. The number of benzene rings is 3. The molecule has 5 nitrogen and oxygen atoms in total. The third kappa shape index (κ3) is 5.64. The van der Waals surface area contributed by atoms with E-state index >= 15 is 0 Å². The number of aryl methyl sites for hydroxylation is 2. The Labute approximate surface area is 200 Å². The molecule has 1 aliphatic carbocycles. The second kappa shape index (κ2) is 10.1. The number of fused-ring (bicyclic) bond motifs is 1. The van der Waals surface area contributed by atoms with Gasteiger partial charge in [0.2, 0.25) is 15.9 Å². The van der Waals surface area contributed by atoms with Gasteiger partial charge < -0.3 is 5.32 Å². The summed E-state index contributed by atoms with van der Waals surface area (Å²) in [5, 5.41) is 3.58. The van der Waals surface area contributed by atoms with E-state index < -0.39 is 10.0 Å². The molecule has 4 rings (SSSR count). The molecule has 7 heteroatoms. The summed E-state index contributed by atoms with van der Waals surface area (Å²) in [6, 6.07) is 21.7. The second-order valence-electron chi connectivity index (χ2n) is 8.43. The Morgan fingerprint density at radius 1 is 1.06 bits per heavy atom. The molecule has 0 unspecified atom stereocenters. The van der Waals surface area contributed by atoms with Crippen LogP contribution in [0.4, 0.5) is 0 Å². The van der Waals surface area contributed by atoms with Crippen LogP contribution in [0.15, 0.2) is 77.7 Å². The first-order valence-electron chi connectivity index (χ1n) is 11.0. The Hall–Kier alpha value is -2.67. The largest absolute Gasteiger partial charge is 0.348 e. The van der Waals surface area contributed by atoms with Gasteiger partial charge in [0.05, 0.1) is 17.5 Å². The lowest BCUT2D eigenvalue weighted by Gasteiger charge is -2.28. The van der Waals surface area contributed by atoms with Crippen LogP contribution in [0.1, 0.15) is 41.1 Å². The number of carbonyl (C=O) groups is 1. The van der Waals surface area contributed by atoms with E-state index in [1.807, 2.05) is 25.1 Å². The number of nitrogens with zero attached hydrogens (tertiary/aromatic N) is 1. The third-order valence-electron chi connectivity index (χ3n) is 5.93.